The van der Waals surface area contributed by atoms with Crippen LogP contribution in [-0.2, 0) is 14.8 Å². The Morgan fingerprint density at radius 1 is 1.38 bits per heavy atom. The number of hydrogen-bond acceptors (Lipinski definition) is 3. The van der Waals surface area contributed by atoms with E-state index in [9.17, 15) is 13.2 Å². The maximum atomic E-state index is 11.8. The first-order chi connectivity index (χ1) is 7.34. The van der Waals surface area contributed by atoms with Gasteiger partial charge in [-0.2, -0.15) is 4.72 Å². The Morgan fingerprint density at radius 2 is 1.94 bits per heavy atom. The summed E-state index contributed by atoms with van der Waals surface area (Å²) < 4.78 is 25.9. The van der Waals surface area contributed by atoms with E-state index in [0.717, 1.165) is 0 Å². The molecule has 1 rings (SSSR count). The van der Waals surface area contributed by atoms with Crippen LogP contribution in [0.25, 0.3) is 0 Å². The first-order valence-electron chi connectivity index (χ1n) is 4.72. The van der Waals surface area contributed by atoms with Gasteiger partial charge in [-0.3, -0.25) is 4.79 Å². The fraction of sp³-hybridized carbons (Fsp3) is 0.300. The number of sulfonamides is 1. The highest BCUT2D eigenvalue weighted by Crippen LogP contribution is 2.13. The van der Waals surface area contributed by atoms with Crippen LogP contribution in [0.1, 0.15) is 12.5 Å². The molecule has 1 atom stereocenters. The summed E-state index contributed by atoms with van der Waals surface area (Å²) >= 11 is 0. The molecule has 0 aromatic heterocycles. The second-order valence-electron chi connectivity index (χ2n) is 3.51. The molecular formula is C10H14N2O3S. The average molecular weight is 242 g/mol. The molecule has 1 aromatic rings. The number of rotatable bonds is 4. The lowest BCUT2D eigenvalue weighted by molar-refractivity contribution is -0.119. The van der Waals surface area contributed by atoms with E-state index >= 15 is 0 Å². The molecule has 0 fully saturated rings. The van der Waals surface area contributed by atoms with E-state index in [4.69, 9.17) is 5.73 Å². The number of carbonyl (C=O) groups is 1. The van der Waals surface area contributed by atoms with Crippen molar-refractivity contribution in [3.05, 3.63) is 29.8 Å². The molecule has 5 nitrogen and oxygen atoms in total. The standard InChI is InChI=1S/C10H14N2O3S/c1-7-5-3-4-6-9(7)16(14,15)12-8(2)10(11)13/h3-6,8,12H,1-2H3,(H2,11,13). The Bertz CT molecular complexity index is 497. The maximum absolute atomic E-state index is 11.8. The molecule has 0 bridgehead atoms. The normalized spacial score (nSPS) is 13.4. The van der Waals surface area contributed by atoms with E-state index in [1.54, 1.807) is 25.1 Å². The van der Waals surface area contributed by atoms with Gasteiger partial charge >= 0.3 is 0 Å². The lowest BCUT2D eigenvalue weighted by Gasteiger charge is -2.12. The molecule has 1 aromatic carbocycles. The third-order valence-electron chi connectivity index (χ3n) is 2.14. The fourth-order valence-corrected chi connectivity index (χ4v) is 2.67. The Labute approximate surface area is 94.7 Å². The van der Waals surface area contributed by atoms with Crippen molar-refractivity contribution in [1.82, 2.24) is 4.72 Å². The van der Waals surface area contributed by atoms with Crippen LogP contribution in [0.15, 0.2) is 29.2 Å². The highest BCUT2D eigenvalue weighted by Gasteiger charge is 2.21. The SMILES string of the molecule is Cc1ccccc1S(=O)(=O)NC(C)C(N)=O. The highest BCUT2D eigenvalue weighted by molar-refractivity contribution is 7.89. The summed E-state index contributed by atoms with van der Waals surface area (Å²) in [5.74, 6) is -0.711. The zero-order chi connectivity index (χ0) is 12.3. The largest absolute Gasteiger partial charge is 0.368 e. The summed E-state index contributed by atoms with van der Waals surface area (Å²) in [6.07, 6.45) is 0. The van der Waals surface area contributed by atoms with Crippen molar-refractivity contribution in [2.45, 2.75) is 24.8 Å². The van der Waals surface area contributed by atoms with E-state index in [-0.39, 0.29) is 4.90 Å². The smallest absolute Gasteiger partial charge is 0.241 e. The maximum Gasteiger partial charge on any atom is 0.241 e. The van der Waals surface area contributed by atoms with Crippen LogP contribution in [0.5, 0.6) is 0 Å². The van der Waals surface area contributed by atoms with Gasteiger partial charge < -0.3 is 5.73 Å². The molecular weight excluding hydrogens is 228 g/mol. The molecule has 0 saturated carbocycles. The minimum atomic E-state index is -3.69. The Kier molecular flexibility index (Phi) is 3.66. The zero-order valence-electron chi connectivity index (χ0n) is 9.10. The third kappa shape index (κ3) is 2.80. The Balaban J connectivity index is 3.04. The molecule has 1 unspecified atom stereocenters. The van der Waals surface area contributed by atoms with E-state index in [1.165, 1.54) is 13.0 Å². The molecule has 0 aliphatic heterocycles. The van der Waals surface area contributed by atoms with Gasteiger partial charge in [-0.15, -0.1) is 0 Å². The predicted octanol–water partition coefficient (Wildman–Crippen LogP) is 0.147. The van der Waals surface area contributed by atoms with E-state index < -0.39 is 22.0 Å². The van der Waals surface area contributed by atoms with Crippen LogP contribution >= 0.6 is 0 Å². The van der Waals surface area contributed by atoms with Gasteiger partial charge in [-0.25, -0.2) is 8.42 Å². The van der Waals surface area contributed by atoms with Gasteiger partial charge in [0.15, 0.2) is 0 Å². The summed E-state index contributed by atoms with van der Waals surface area (Å²) in [7, 11) is -3.69. The number of benzene rings is 1. The van der Waals surface area contributed by atoms with E-state index in [2.05, 4.69) is 4.72 Å². The minimum absolute atomic E-state index is 0.156. The molecule has 88 valence electrons. The molecule has 16 heavy (non-hydrogen) atoms. The number of nitrogens with two attached hydrogens (primary N) is 1. The van der Waals surface area contributed by atoms with Crippen LogP contribution in [0.2, 0.25) is 0 Å². The van der Waals surface area contributed by atoms with Crippen molar-refractivity contribution in [2.24, 2.45) is 5.73 Å². The molecule has 3 N–H and O–H groups in total. The molecule has 0 saturated heterocycles. The van der Waals surface area contributed by atoms with Crippen LogP contribution in [0.4, 0.5) is 0 Å². The number of hydrogen-bond donors (Lipinski definition) is 2. The summed E-state index contributed by atoms with van der Waals surface area (Å²) in [5, 5.41) is 0. The molecule has 0 spiro atoms. The number of aryl methyl sites for hydroxylation is 1. The van der Waals surface area contributed by atoms with Crippen LogP contribution < -0.4 is 10.5 Å². The molecule has 1 amide bonds. The summed E-state index contributed by atoms with van der Waals surface area (Å²) in [6.45, 7) is 3.08. The van der Waals surface area contributed by atoms with Crippen molar-refractivity contribution in [2.75, 3.05) is 0 Å². The topological polar surface area (TPSA) is 89.3 Å². The van der Waals surface area contributed by atoms with Crippen molar-refractivity contribution in [1.29, 1.82) is 0 Å². The molecule has 0 aliphatic rings. The van der Waals surface area contributed by atoms with Crippen molar-refractivity contribution < 1.29 is 13.2 Å². The lowest BCUT2D eigenvalue weighted by atomic mass is 10.2. The Hall–Kier alpha value is -1.40. The summed E-state index contributed by atoms with van der Waals surface area (Å²) in [6, 6.07) is 5.60. The summed E-state index contributed by atoms with van der Waals surface area (Å²) in [5.41, 5.74) is 5.61. The monoisotopic (exact) mass is 242 g/mol. The van der Waals surface area contributed by atoms with Gasteiger partial charge in [-0.05, 0) is 25.5 Å². The quantitative estimate of drug-likeness (QED) is 0.787. The first kappa shape index (κ1) is 12.7. The zero-order valence-corrected chi connectivity index (χ0v) is 9.91. The third-order valence-corrected chi connectivity index (χ3v) is 3.84. The van der Waals surface area contributed by atoms with Gasteiger partial charge in [0.25, 0.3) is 0 Å². The number of amides is 1. The molecule has 0 radical (unpaired) electrons. The van der Waals surface area contributed by atoms with Crippen LogP contribution in [-0.4, -0.2) is 20.4 Å². The van der Waals surface area contributed by atoms with Gasteiger partial charge in [0, 0.05) is 0 Å². The number of primary amides is 1. The first-order valence-corrected chi connectivity index (χ1v) is 6.20. The van der Waals surface area contributed by atoms with Gasteiger partial charge in [0.2, 0.25) is 15.9 Å². The molecule has 0 heterocycles. The molecule has 6 heteroatoms. The van der Waals surface area contributed by atoms with Crippen molar-refractivity contribution >= 4 is 15.9 Å². The highest BCUT2D eigenvalue weighted by atomic mass is 32.2. The average Bonchev–Trinajstić information content (AvgIpc) is 2.17. The lowest BCUT2D eigenvalue weighted by Crippen LogP contribution is -2.42. The Morgan fingerprint density at radius 3 is 2.44 bits per heavy atom. The summed E-state index contributed by atoms with van der Waals surface area (Å²) in [4.78, 5) is 10.9. The number of nitrogens with one attached hydrogen (secondary N) is 1. The molecule has 0 aliphatic carbocycles. The predicted molar refractivity (Wildman–Crippen MR) is 60.2 cm³/mol. The second-order valence-corrected chi connectivity index (χ2v) is 5.19. The van der Waals surface area contributed by atoms with Crippen molar-refractivity contribution in [3.63, 3.8) is 0 Å². The van der Waals surface area contributed by atoms with Crippen molar-refractivity contribution in [3.8, 4) is 0 Å². The fourth-order valence-electron chi connectivity index (χ4n) is 1.21. The van der Waals surface area contributed by atoms with Gasteiger partial charge in [0.05, 0.1) is 10.9 Å². The van der Waals surface area contributed by atoms with E-state index in [0.29, 0.717) is 5.56 Å². The second kappa shape index (κ2) is 4.63. The van der Waals surface area contributed by atoms with Crippen LogP contribution in [0, 0.1) is 6.92 Å². The van der Waals surface area contributed by atoms with E-state index in [1.807, 2.05) is 0 Å². The van der Waals surface area contributed by atoms with Gasteiger partial charge in [-0.1, -0.05) is 18.2 Å². The minimum Gasteiger partial charge on any atom is -0.368 e. The van der Waals surface area contributed by atoms with Gasteiger partial charge in [0.1, 0.15) is 0 Å². The number of carbonyl (C=O) groups excluding carboxylic acids is 1. The van der Waals surface area contributed by atoms with Crippen LogP contribution in [0.3, 0.4) is 0 Å².